The van der Waals surface area contributed by atoms with E-state index >= 15 is 0 Å². The molecule has 4 rings (SSSR count). The van der Waals surface area contributed by atoms with E-state index in [1.165, 1.54) is 16.8 Å². The van der Waals surface area contributed by atoms with Crippen LogP contribution in [-0.4, -0.2) is 39.2 Å². The monoisotopic (exact) mass is 446 g/mol. The van der Waals surface area contributed by atoms with Crippen molar-refractivity contribution in [3.8, 4) is 5.95 Å². The Morgan fingerprint density at radius 3 is 2.66 bits per heavy atom. The number of hydrogen-bond donors (Lipinski definition) is 2. The smallest absolute Gasteiger partial charge is 0.359 e. The first-order valence-electron chi connectivity index (χ1n) is 9.96. The molecule has 2 aromatic heterocycles. The molecular formula is C21H21F3N6O2. The number of halogens is 3. The summed E-state index contributed by atoms with van der Waals surface area (Å²) in [5.41, 5.74) is -0.249. The maximum absolute atomic E-state index is 13.4. The van der Waals surface area contributed by atoms with Crippen molar-refractivity contribution in [2.45, 2.75) is 32.9 Å². The fourth-order valence-electron chi connectivity index (χ4n) is 3.72. The van der Waals surface area contributed by atoms with Crippen LogP contribution >= 0.6 is 0 Å². The van der Waals surface area contributed by atoms with Gasteiger partial charge >= 0.3 is 6.18 Å². The van der Waals surface area contributed by atoms with Crippen LogP contribution in [0.5, 0.6) is 0 Å². The fourth-order valence-corrected chi connectivity index (χ4v) is 3.72. The molecule has 0 unspecified atom stereocenters. The Labute approximate surface area is 181 Å². The van der Waals surface area contributed by atoms with Gasteiger partial charge < -0.3 is 10.2 Å². The molecule has 0 atom stereocenters. The predicted octanol–water partition coefficient (Wildman–Crippen LogP) is 3.23. The molecular weight excluding hydrogens is 425 g/mol. The van der Waals surface area contributed by atoms with Gasteiger partial charge in [-0.3, -0.25) is 14.6 Å². The third-order valence-electron chi connectivity index (χ3n) is 5.53. The van der Waals surface area contributed by atoms with Gasteiger partial charge in [-0.05, 0) is 38.8 Å². The molecule has 2 N–H and O–H groups in total. The van der Waals surface area contributed by atoms with E-state index in [4.69, 9.17) is 0 Å². The van der Waals surface area contributed by atoms with Gasteiger partial charge in [0.25, 0.3) is 11.5 Å². The lowest BCUT2D eigenvalue weighted by atomic mass is 10.1. The van der Waals surface area contributed by atoms with Crippen LogP contribution in [0.15, 0.2) is 29.1 Å². The zero-order valence-corrected chi connectivity index (χ0v) is 17.7. The molecule has 1 amide bonds. The summed E-state index contributed by atoms with van der Waals surface area (Å²) < 4.78 is 41.3. The van der Waals surface area contributed by atoms with E-state index in [1.807, 2.05) is 11.9 Å². The van der Waals surface area contributed by atoms with Gasteiger partial charge in [-0.2, -0.15) is 27.9 Å². The maximum atomic E-state index is 13.4. The predicted molar refractivity (Wildman–Crippen MR) is 112 cm³/mol. The van der Waals surface area contributed by atoms with Crippen LogP contribution in [0.1, 0.15) is 39.2 Å². The van der Waals surface area contributed by atoms with Crippen molar-refractivity contribution < 1.29 is 18.0 Å². The highest BCUT2D eigenvalue weighted by atomic mass is 19.4. The Hall–Kier alpha value is -3.63. The van der Waals surface area contributed by atoms with E-state index in [0.717, 1.165) is 25.1 Å². The standard InChI is InChI=1S/C21H21F3N6O2/c1-11-12(2)28-30(20-26-17-14(19(32)27-20)8-6-10-29(17)3)16(11)25-18(31)13-7-4-5-9-15(13)21(22,23)24/h4-5,7,9H,6,8,10H2,1-3H3,(H,25,31)(H,26,27,32). The summed E-state index contributed by atoms with van der Waals surface area (Å²) in [4.78, 5) is 34.5. The van der Waals surface area contributed by atoms with Gasteiger partial charge in [-0.15, -0.1) is 0 Å². The Kier molecular flexibility index (Phi) is 5.27. The molecule has 0 saturated heterocycles. The number of fused-ring (bicyclic) bond motifs is 1. The van der Waals surface area contributed by atoms with Crippen LogP contribution in [-0.2, 0) is 12.6 Å². The Morgan fingerprint density at radius 2 is 1.94 bits per heavy atom. The average molecular weight is 446 g/mol. The van der Waals surface area contributed by atoms with Crippen molar-refractivity contribution in [3.63, 3.8) is 0 Å². The molecule has 0 radical (unpaired) electrons. The third-order valence-corrected chi connectivity index (χ3v) is 5.53. The minimum atomic E-state index is -4.69. The van der Waals surface area contributed by atoms with Crippen LogP contribution in [0.3, 0.4) is 0 Å². The summed E-state index contributed by atoms with van der Waals surface area (Å²) >= 11 is 0. The molecule has 1 aliphatic heterocycles. The zero-order valence-electron chi connectivity index (χ0n) is 17.7. The number of alkyl halides is 3. The van der Waals surface area contributed by atoms with Gasteiger partial charge in [0.1, 0.15) is 11.6 Å². The minimum absolute atomic E-state index is 0.0677. The van der Waals surface area contributed by atoms with Crippen molar-refractivity contribution >= 4 is 17.5 Å². The number of rotatable bonds is 3. The van der Waals surface area contributed by atoms with E-state index in [9.17, 15) is 22.8 Å². The van der Waals surface area contributed by atoms with Gasteiger partial charge in [0, 0.05) is 19.2 Å². The Bertz CT molecular complexity index is 1260. The SMILES string of the molecule is Cc1nn(-c2nc3c(c(=O)[nH]2)CCCN3C)c(NC(=O)c2ccccc2C(F)(F)F)c1C. The summed E-state index contributed by atoms with van der Waals surface area (Å²) in [6.07, 6.45) is -3.26. The highest BCUT2D eigenvalue weighted by Gasteiger charge is 2.35. The quantitative estimate of drug-likeness (QED) is 0.644. The first-order chi connectivity index (χ1) is 15.1. The Balaban J connectivity index is 1.78. The molecule has 1 aliphatic rings. The normalized spacial score (nSPS) is 13.8. The van der Waals surface area contributed by atoms with Gasteiger partial charge in [0.05, 0.1) is 22.4 Å². The summed E-state index contributed by atoms with van der Waals surface area (Å²) in [5.74, 6) is -0.232. The van der Waals surface area contributed by atoms with Crippen molar-refractivity contribution in [2.24, 2.45) is 0 Å². The highest BCUT2D eigenvalue weighted by molar-refractivity contribution is 6.05. The lowest BCUT2D eigenvalue weighted by Crippen LogP contribution is -2.32. The summed E-state index contributed by atoms with van der Waals surface area (Å²) in [5, 5.41) is 6.87. The van der Waals surface area contributed by atoms with Crippen molar-refractivity contribution in [3.05, 3.63) is 62.6 Å². The number of carbonyl (C=O) groups is 1. The molecule has 3 heterocycles. The number of anilines is 2. The molecule has 0 bridgehead atoms. The highest BCUT2D eigenvalue weighted by Crippen LogP contribution is 2.32. The summed E-state index contributed by atoms with van der Waals surface area (Å²) in [7, 11) is 1.82. The van der Waals surface area contributed by atoms with E-state index < -0.39 is 23.2 Å². The lowest BCUT2D eigenvalue weighted by molar-refractivity contribution is -0.137. The number of amides is 1. The van der Waals surface area contributed by atoms with Crippen molar-refractivity contribution in [1.29, 1.82) is 0 Å². The first kappa shape index (κ1) is 21.6. The Morgan fingerprint density at radius 1 is 1.22 bits per heavy atom. The largest absolute Gasteiger partial charge is 0.417 e. The molecule has 0 fully saturated rings. The lowest BCUT2D eigenvalue weighted by Gasteiger charge is -2.25. The van der Waals surface area contributed by atoms with Gasteiger partial charge in [0.2, 0.25) is 5.95 Å². The van der Waals surface area contributed by atoms with Crippen LogP contribution in [0.4, 0.5) is 24.8 Å². The second kappa shape index (κ2) is 7.81. The molecule has 0 saturated carbocycles. The summed E-state index contributed by atoms with van der Waals surface area (Å²) in [6.45, 7) is 4.10. The molecule has 168 valence electrons. The molecule has 0 aliphatic carbocycles. The zero-order chi connectivity index (χ0) is 23.2. The molecule has 32 heavy (non-hydrogen) atoms. The van der Waals surface area contributed by atoms with E-state index in [2.05, 4.69) is 20.4 Å². The third kappa shape index (κ3) is 3.74. The van der Waals surface area contributed by atoms with Gasteiger partial charge in [-0.1, -0.05) is 12.1 Å². The molecule has 0 spiro atoms. The fraction of sp³-hybridized carbons (Fsp3) is 0.333. The minimum Gasteiger partial charge on any atom is -0.359 e. The maximum Gasteiger partial charge on any atom is 0.417 e. The topological polar surface area (TPSA) is 95.9 Å². The van der Waals surface area contributed by atoms with Crippen LogP contribution < -0.4 is 15.8 Å². The number of H-pyrrole nitrogens is 1. The first-order valence-corrected chi connectivity index (χ1v) is 9.96. The molecule has 1 aromatic carbocycles. The van der Waals surface area contributed by atoms with Crippen LogP contribution in [0.2, 0.25) is 0 Å². The van der Waals surface area contributed by atoms with E-state index in [0.29, 0.717) is 29.1 Å². The second-order valence-electron chi connectivity index (χ2n) is 7.69. The van der Waals surface area contributed by atoms with Crippen LogP contribution in [0.25, 0.3) is 5.95 Å². The van der Waals surface area contributed by atoms with E-state index in [1.54, 1.807) is 13.8 Å². The van der Waals surface area contributed by atoms with Crippen LogP contribution in [0, 0.1) is 13.8 Å². The number of nitrogens with zero attached hydrogens (tertiary/aromatic N) is 4. The van der Waals surface area contributed by atoms with Gasteiger partial charge in [0.15, 0.2) is 0 Å². The number of aromatic amines is 1. The number of nitrogens with one attached hydrogen (secondary N) is 2. The average Bonchev–Trinajstić information content (AvgIpc) is 3.02. The second-order valence-corrected chi connectivity index (χ2v) is 7.69. The molecule has 8 nitrogen and oxygen atoms in total. The number of carbonyl (C=O) groups excluding carboxylic acids is 1. The molecule has 11 heteroatoms. The number of benzene rings is 1. The number of hydrogen-bond acceptors (Lipinski definition) is 5. The number of aryl methyl sites for hydroxylation is 1. The van der Waals surface area contributed by atoms with E-state index in [-0.39, 0.29) is 17.3 Å². The van der Waals surface area contributed by atoms with Gasteiger partial charge in [-0.25, -0.2) is 0 Å². The number of aromatic nitrogens is 4. The van der Waals surface area contributed by atoms with Crippen molar-refractivity contribution in [2.75, 3.05) is 23.8 Å². The summed E-state index contributed by atoms with van der Waals surface area (Å²) in [6, 6.07) is 4.53. The van der Waals surface area contributed by atoms with Crippen molar-refractivity contribution in [1.82, 2.24) is 19.7 Å². The molecule has 3 aromatic rings.